The highest BCUT2D eigenvalue weighted by Gasteiger charge is 2.21. The van der Waals surface area contributed by atoms with Crippen molar-refractivity contribution in [2.45, 2.75) is 39.9 Å². The maximum atomic E-state index is 12.5. The zero-order valence-electron chi connectivity index (χ0n) is 20.2. The Hall–Kier alpha value is -2.61. The number of carbonyl (C=O) groups is 1. The lowest BCUT2D eigenvalue weighted by molar-refractivity contribution is -0.117. The van der Waals surface area contributed by atoms with Crippen LogP contribution in [0.15, 0.2) is 42.5 Å². The van der Waals surface area contributed by atoms with Gasteiger partial charge in [-0.1, -0.05) is 30.3 Å². The summed E-state index contributed by atoms with van der Waals surface area (Å²) in [4.78, 5) is 16.9. The van der Waals surface area contributed by atoms with E-state index in [1.807, 2.05) is 70.2 Å². The van der Waals surface area contributed by atoms with Crippen molar-refractivity contribution in [1.29, 1.82) is 0 Å². The van der Waals surface area contributed by atoms with Crippen LogP contribution in [0.4, 0.5) is 5.69 Å². The Morgan fingerprint density at radius 1 is 0.970 bits per heavy atom. The number of piperazine rings is 1. The summed E-state index contributed by atoms with van der Waals surface area (Å²) in [5.41, 5.74) is 3.05. The molecule has 1 heterocycles. The molecule has 7 heteroatoms. The van der Waals surface area contributed by atoms with Crippen molar-refractivity contribution in [1.82, 2.24) is 9.80 Å². The molecule has 3 rings (SSSR count). The number of aryl methyl sites for hydroxylation is 2. The molecule has 0 radical (unpaired) electrons. The van der Waals surface area contributed by atoms with Gasteiger partial charge in [0.05, 0.1) is 12.6 Å². The number of ether oxygens (including phenoxy) is 2. The van der Waals surface area contributed by atoms with E-state index in [0.29, 0.717) is 24.6 Å². The van der Waals surface area contributed by atoms with E-state index in [0.717, 1.165) is 43.0 Å². The van der Waals surface area contributed by atoms with Crippen molar-refractivity contribution < 1.29 is 19.4 Å². The van der Waals surface area contributed by atoms with Gasteiger partial charge in [0.2, 0.25) is 5.91 Å². The van der Waals surface area contributed by atoms with Crippen LogP contribution in [0, 0.1) is 13.8 Å². The molecule has 0 bridgehead atoms. The van der Waals surface area contributed by atoms with Crippen LogP contribution in [0.2, 0.25) is 0 Å². The first-order chi connectivity index (χ1) is 15.8. The standard InChI is InChI=1S/C26H37N3O4/c1-19(2)33-24-11-6-5-10-23(24)32-18-22(30)16-28-12-14-29(15-13-28)17-25(31)27-26-20(3)8-7-9-21(26)4/h5-11,19,22,30H,12-18H2,1-4H3,(H,27,31). The molecule has 0 aromatic heterocycles. The van der Waals surface area contributed by atoms with Crippen molar-refractivity contribution in [3.63, 3.8) is 0 Å². The minimum atomic E-state index is -0.601. The molecule has 1 atom stereocenters. The van der Waals surface area contributed by atoms with E-state index in [1.54, 1.807) is 0 Å². The van der Waals surface area contributed by atoms with E-state index >= 15 is 0 Å². The lowest BCUT2D eigenvalue weighted by atomic mass is 10.1. The second-order valence-corrected chi connectivity index (χ2v) is 8.97. The summed E-state index contributed by atoms with van der Waals surface area (Å²) in [6.45, 7) is 12.3. The highest BCUT2D eigenvalue weighted by Crippen LogP contribution is 2.27. The molecule has 2 N–H and O–H groups in total. The second-order valence-electron chi connectivity index (χ2n) is 8.97. The van der Waals surface area contributed by atoms with Crippen LogP contribution in [0.1, 0.15) is 25.0 Å². The molecule has 180 valence electrons. The average molecular weight is 456 g/mol. The van der Waals surface area contributed by atoms with Gasteiger partial charge in [-0.2, -0.15) is 0 Å². The summed E-state index contributed by atoms with van der Waals surface area (Å²) < 4.78 is 11.6. The molecule has 1 saturated heterocycles. The number of rotatable bonds is 10. The van der Waals surface area contributed by atoms with Gasteiger partial charge >= 0.3 is 0 Å². The third kappa shape index (κ3) is 7.74. The largest absolute Gasteiger partial charge is 0.487 e. The van der Waals surface area contributed by atoms with Crippen LogP contribution >= 0.6 is 0 Å². The van der Waals surface area contributed by atoms with Crippen molar-refractivity contribution in [3.05, 3.63) is 53.6 Å². The summed E-state index contributed by atoms with van der Waals surface area (Å²) in [6.07, 6.45) is -0.547. The Bertz CT molecular complexity index is 890. The molecule has 2 aromatic carbocycles. The van der Waals surface area contributed by atoms with E-state index in [9.17, 15) is 9.90 Å². The lowest BCUT2D eigenvalue weighted by Crippen LogP contribution is -2.50. The van der Waals surface area contributed by atoms with Gasteiger partial charge in [-0.15, -0.1) is 0 Å². The van der Waals surface area contributed by atoms with Gasteiger partial charge in [-0.3, -0.25) is 14.6 Å². The Balaban J connectivity index is 1.39. The molecule has 0 saturated carbocycles. The lowest BCUT2D eigenvalue weighted by Gasteiger charge is -2.35. The number of nitrogens with zero attached hydrogens (tertiary/aromatic N) is 2. The van der Waals surface area contributed by atoms with Crippen LogP contribution in [-0.2, 0) is 4.79 Å². The fraction of sp³-hybridized carbons (Fsp3) is 0.500. The Labute approximate surface area is 197 Å². The maximum Gasteiger partial charge on any atom is 0.238 e. The molecule has 1 amide bonds. The average Bonchev–Trinajstić information content (AvgIpc) is 2.77. The number of carbonyl (C=O) groups excluding carboxylic acids is 1. The van der Waals surface area contributed by atoms with Crippen molar-refractivity contribution in [2.24, 2.45) is 0 Å². The second kappa shape index (κ2) is 12.0. The quantitative estimate of drug-likeness (QED) is 0.574. The van der Waals surface area contributed by atoms with Crippen molar-refractivity contribution in [2.75, 3.05) is 51.2 Å². The molecule has 7 nitrogen and oxygen atoms in total. The Morgan fingerprint density at radius 2 is 1.58 bits per heavy atom. The first kappa shape index (κ1) is 25.0. The highest BCUT2D eigenvalue weighted by atomic mass is 16.5. The van der Waals surface area contributed by atoms with Gasteiger partial charge in [0.15, 0.2) is 11.5 Å². The molecule has 1 fully saturated rings. The van der Waals surface area contributed by atoms with Gasteiger partial charge in [-0.25, -0.2) is 0 Å². The van der Waals surface area contributed by atoms with Gasteiger partial charge in [-0.05, 0) is 51.0 Å². The molecule has 0 spiro atoms. The number of amides is 1. The van der Waals surface area contributed by atoms with Crippen LogP contribution < -0.4 is 14.8 Å². The van der Waals surface area contributed by atoms with Crippen molar-refractivity contribution in [3.8, 4) is 11.5 Å². The number of hydrogen-bond acceptors (Lipinski definition) is 6. The molecule has 0 aliphatic carbocycles. The number of para-hydroxylation sites is 3. The first-order valence-electron chi connectivity index (χ1n) is 11.7. The summed E-state index contributed by atoms with van der Waals surface area (Å²) in [5, 5.41) is 13.5. The summed E-state index contributed by atoms with van der Waals surface area (Å²) in [6, 6.07) is 13.5. The smallest absolute Gasteiger partial charge is 0.238 e. The third-order valence-electron chi connectivity index (χ3n) is 5.69. The number of benzene rings is 2. The Morgan fingerprint density at radius 3 is 2.21 bits per heavy atom. The SMILES string of the molecule is Cc1cccc(C)c1NC(=O)CN1CCN(CC(O)COc2ccccc2OC(C)C)CC1. The highest BCUT2D eigenvalue weighted by molar-refractivity contribution is 5.93. The number of anilines is 1. The van der Waals surface area contributed by atoms with Crippen LogP contribution in [0.5, 0.6) is 11.5 Å². The van der Waals surface area contributed by atoms with E-state index in [4.69, 9.17) is 9.47 Å². The number of aliphatic hydroxyl groups excluding tert-OH is 1. The zero-order chi connectivity index (χ0) is 23.8. The summed E-state index contributed by atoms with van der Waals surface area (Å²) in [7, 11) is 0. The summed E-state index contributed by atoms with van der Waals surface area (Å²) in [5.74, 6) is 1.34. The number of β-amino-alcohol motifs (C(OH)–C–C–N with tert-alkyl or cyclic N) is 1. The minimum absolute atomic E-state index is 0.0107. The van der Waals surface area contributed by atoms with Gasteiger partial charge < -0.3 is 19.9 Å². The van der Waals surface area contributed by atoms with Crippen LogP contribution in [-0.4, -0.2) is 78.9 Å². The van der Waals surface area contributed by atoms with Crippen molar-refractivity contribution >= 4 is 11.6 Å². The van der Waals surface area contributed by atoms with E-state index in [1.165, 1.54) is 0 Å². The molecule has 1 aliphatic rings. The monoisotopic (exact) mass is 455 g/mol. The number of hydrogen-bond donors (Lipinski definition) is 2. The van der Waals surface area contributed by atoms with Crippen LogP contribution in [0.3, 0.4) is 0 Å². The van der Waals surface area contributed by atoms with Crippen LogP contribution in [0.25, 0.3) is 0 Å². The molecular formula is C26H37N3O4. The molecule has 1 aliphatic heterocycles. The van der Waals surface area contributed by atoms with Gasteiger partial charge in [0, 0.05) is 38.4 Å². The topological polar surface area (TPSA) is 74.3 Å². The normalized spacial score (nSPS) is 15.9. The fourth-order valence-electron chi connectivity index (χ4n) is 3.98. The van der Waals surface area contributed by atoms with Gasteiger partial charge in [0.1, 0.15) is 12.7 Å². The zero-order valence-corrected chi connectivity index (χ0v) is 20.2. The van der Waals surface area contributed by atoms with E-state index < -0.39 is 6.10 Å². The minimum Gasteiger partial charge on any atom is -0.487 e. The van der Waals surface area contributed by atoms with Gasteiger partial charge in [0.25, 0.3) is 0 Å². The van der Waals surface area contributed by atoms with E-state index in [-0.39, 0.29) is 18.6 Å². The maximum absolute atomic E-state index is 12.5. The Kier molecular flexibility index (Phi) is 9.11. The molecule has 33 heavy (non-hydrogen) atoms. The third-order valence-corrected chi connectivity index (χ3v) is 5.69. The molecule has 2 aromatic rings. The number of aliphatic hydroxyl groups is 1. The molecule has 1 unspecified atom stereocenters. The number of nitrogens with one attached hydrogen (secondary N) is 1. The summed E-state index contributed by atoms with van der Waals surface area (Å²) >= 11 is 0. The molecular weight excluding hydrogens is 418 g/mol. The van der Waals surface area contributed by atoms with E-state index in [2.05, 4.69) is 15.1 Å². The predicted molar refractivity (Wildman–Crippen MR) is 131 cm³/mol. The first-order valence-corrected chi connectivity index (χ1v) is 11.7. The predicted octanol–water partition coefficient (Wildman–Crippen LogP) is 3.09. The fourth-order valence-corrected chi connectivity index (χ4v) is 3.98.